The number of nitro benzene ring substituents is 1. The van der Waals surface area contributed by atoms with Crippen molar-refractivity contribution in [1.29, 1.82) is 0 Å². The summed E-state index contributed by atoms with van der Waals surface area (Å²) in [6.07, 6.45) is -0.698. The average molecular weight is 360 g/mol. The Hall–Kier alpha value is -1.59. The van der Waals surface area contributed by atoms with Crippen LogP contribution in [0.4, 0.5) is 5.69 Å². The van der Waals surface area contributed by atoms with Crippen LogP contribution < -0.4 is 5.14 Å². The van der Waals surface area contributed by atoms with E-state index in [-0.39, 0.29) is 5.69 Å². The summed E-state index contributed by atoms with van der Waals surface area (Å²) in [5.41, 5.74) is 0.170. The van der Waals surface area contributed by atoms with Gasteiger partial charge in [0.15, 0.2) is 5.79 Å². The zero-order valence-electron chi connectivity index (χ0n) is 13.4. The predicted molar refractivity (Wildman–Crippen MR) is 84.2 cm³/mol. The van der Waals surface area contributed by atoms with Gasteiger partial charge in [0.2, 0.25) is 0 Å². The lowest BCUT2D eigenvalue weighted by Gasteiger charge is -2.25. The van der Waals surface area contributed by atoms with Crippen LogP contribution in [-0.4, -0.2) is 31.8 Å². The van der Waals surface area contributed by atoms with Gasteiger partial charge in [-0.05, 0) is 18.9 Å². The minimum absolute atomic E-state index is 0.130. The molecule has 1 aromatic carbocycles. The molecular weight excluding hydrogens is 340 g/mol. The highest BCUT2D eigenvalue weighted by Crippen LogP contribution is 2.44. The molecule has 0 amide bonds. The van der Waals surface area contributed by atoms with Crippen molar-refractivity contribution in [2.45, 2.75) is 44.7 Å². The van der Waals surface area contributed by atoms with Gasteiger partial charge in [0, 0.05) is 6.07 Å². The van der Waals surface area contributed by atoms with Gasteiger partial charge in [-0.1, -0.05) is 26.0 Å². The van der Waals surface area contributed by atoms with Crippen LogP contribution in [0.15, 0.2) is 24.3 Å². The van der Waals surface area contributed by atoms with E-state index in [9.17, 15) is 18.5 Å². The molecule has 10 heteroatoms. The van der Waals surface area contributed by atoms with E-state index in [1.807, 2.05) is 13.8 Å². The second-order valence-electron chi connectivity index (χ2n) is 5.41. The molecule has 0 saturated carbocycles. The molecule has 9 nitrogen and oxygen atoms in total. The van der Waals surface area contributed by atoms with Crippen molar-refractivity contribution in [1.82, 2.24) is 0 Å². The molecule has 1 aromatic rings. The summed E-state index contributed by atoms with van der Waals surface area (Å²) in [7, 11) is -4.16. The van der Waals surface area contributed by atoms with Gasteiger partial charge in [0.25, 0.3) is 5.69 Å². The van der Waals surface area contributed by atoms with E-state index in [0.717, 1.165) is 0 Å². The van der Waals surface area contributed by atoms with E-state index >= 15 is 0 Å². The van der Waals surface area contributed by atoms with Crippen molar-refractivity contribution in [3.05, 3.63) is 39.9 Å². The fraction of sp³-hybridized carbons (Fsp3) is 0.571. The molecule has 2 atom stereocenters. The molecule has 1 heterocycles. The predicted octanol–water partition coefficient (Wildman–Crippen LogP) is 1.79. The smallest absolute Gasteiger partial charge is 0.333 e. The average Bonchev–Trinajstić information content (AvgIpc) is 2.92. The van der Waals surface area contributed by atoms with Crippen molar-refractivity contribution >= 4 is 16.0 Å². The first kappa shape index (κ1) is 18.7. The SMILES string of the molecule is CCC1(CC)OC(COS(N)(=O)=O)C(c2ccccc2[N+](=O)[O-])O1. The van der Waals surface area contributed by atoms with Crippen molar-refractivity contribution in [2.75, 3.05) is 6.61 Å². The molecule has 0 bridgehead atoms. The number of para-hydroxylation sites is 1. The van der Waals surface area contributed by atoms with Gasteiger partial charge in [-0.15, -0.1) is 0 Å². The topological polar surface area (TPSA) is 131 Å². The first-order valence-corrected chi connectivity index (χ1v) is 8.94. The Kier molecular flexibility index (Phi) is 5.56. The number of nitrogens with zero attached hydrogens (tertiary/aromatic N) is 1. The molecule has 2 N–H and O–H groups in total. The van der Waals surface area contributed by atoms with E-state index in [4.69, 9.17) is 14.6 Å². The molecule has 2 unspecified atom stereocenters. The highest BCUT2D eigenvalue weighted by molar-refractivity contribution is 7.84. The number of rotatable bonds is 7. The Labute approximate surface area is 140 Å². The normalized spacial score (nSPS) is 23.3. The van der Waals surface area contributed by atoms with E-state index in [0.29, 0.717) is 18.4 Å². The monoisotopic (exact) mass is 360 g/mol. The molecule has 134 valence electrons. The van der Waals surface area contributed by atoms with Crippen LogP contribution in [-0.2, 0) is 24.0 Å². The summed E-state index contributed by atoms with van der Waals surface area (Å²) in [4.78, 5) is 10.7. The van der Waals surface area contributed by atoms with E-state index < -0.39 is 39.8 Å². The quantitative estimate of drug-likeness (QED) is 0.579. The minimum atomic E-state index is -4.16. The third-order valence-corrected chi connectivity index (χ3v) is 4.42. The van der Waals surface area contributed by atoms with Crippen molar-refractivity contribution < 1.29 is 27.0 Å². The third kappa shape index (κ3) is 4.08. The maximum atomic E-state index is 11.3. The van der Waals surface area contributed by atoms with Gasteiger partial charge in [-0.2, -0.15) is 8.42 Å². The van der Waals surface area contributed by atoms with E-state index in [1.54, 1.807) is 18.2 Å². The molecule has 0 spiro atoms. The van der Waals surface area contributed by atoms with Gasteiger partial charge in [0.1, 0.15) is 12.2 Å². The Morgan fingerprint density at radius 1 is 1.29 bits per heavy atom. The lowest BCUT2D eigenvalue weighted by atomic mass is 10.0. The van der Waals surface area contributed by atoms with Gasteiger partial charge in [-0.3, -0.25) is 14.3 Å². The Balaban J connectivity index is 2.38. The number of hydrogen-bond acceptors (Lipinski definition) is 7. The fourth-order valence-corrected chi connectivity index (χ4v) is 3.02. The second kappa shape index (κ2) is 7.11. The van der Waals surface area contributed by atoms with Gasteiger partial charge in [0.05, 0.1) is 17.1 Å². The van der Waals surface area contributed by atoms with Crippen LogP contribution in [0, 0.1) is 10.1 Å². The summed E-state index contributed by atoms with van der Waals surface area (Å²) < 4.78 is 38.6. The first-order valence-electron chi connectivity index (χ1n) is 7.47. The van der Waals surface area contributed by atoms with Crippen LogP contribution in [0.3, 0.4) is 0 Å². The molecule has 1 saturated heterocycles. The fourth-order valence-electron chi connectivity index (χ4n) is 2.70. The summed E-state index contributed by atoms with van der Waals surface area (Å²) >= 11 is 0. The number of nitrogens with two attached hydrogens (primary N) is 1. The minimum Gasteiger partial charge on any atom is -0.341 e. The highest BCUT2D eigenvalue weighted by atomic mass is 32.2. The van der Waals surface area contributed by atoms with Crippen LogP contribution in [0.25, 0.3) is 0 Å². The van der Waals surface area contributed by atoms with Gasteiger partial charge in [-0.25, -0.2) is 5.14 Å². The Bertz CT molecular complexity index is 703. The standard InChI is InChI=1S/C14H20N2O7S/c1-3-14(4-2)22-12(9-21-24(15,19)20)13(23-14)10-7-5-6-8-11(10)16(17)18/h5-8,12-13H,3-4,9H2,1-2H3,(H2,15,19,20). The van der Waals surface area contributed by atoms with Crippen molar-refractivity contribution in [3.63, 3.8) is 0 Å². The van der Waals surface area contributed by atoms with Gasteiger partial charge >= 0.3 is 10.3 Å². The van der Waals surface area contributed by atoms with Crippen molar-refractivity contribution in [3.8, 4) is 0 Å². The van der Waals surface area contributed by atoms with E-state index in [2.05, 4.69) is 4.18 Å². The van der Waals surface area contributed by atoms with Crippen LogP contribution >= 0.6 is 0 Å². The number of benzene rings is 1. The number of nitro groups is 1. The summed E-state index contributed by atoms with van der Waals surface area (Å²) in [6, 6.07) is 6.09. The first-order chi connectivity index (χ1) is 11.2. The molecular formula is C14H20N2O7S. The molecule has 24 heavy (non-hydrogen) atoms. The highest BCUT2D eigenvalue weighted by Gasteiger charge is 2.48. The van der Waals surface area contributed by atoms with Crippen LogP contribution in [0.1, 0.15) is 38.4 Å². The molecule has 0 aromatic heterocycles. The summed E-state index contributed by atoms with van der Waals surface area (Å²) in [5.74, 6) is -0.958. The van der Waals surface area contributed by atoms with Gasteiger partial charge < -0.3 is 9.47 Å². The number of ether oxygens (including phenoxy) is 2. The molecule has 0 aliphatic carbocycles. The van der Waals surface area contributed by atoms with Crippen LogP contribution in [0.2, 0.25) is 0 Å². The summed E-state index contributed by atoms with van der Waals surface area (Å²) in [5, 5.41) is 16.1. The Morgan fingerprint density at radius 2 is 1.92 bits per heavy atom. The Morgan fingerprint density at radius 3 is 2.46 bits per heavy atom. The molecule has 1 fully saturated rings. The molecule has 2 rings (SSSR count). The molecule has 1 aliphatic heterocycles. The second-order valence-corrected chi connectivity index (χ2v) is 6.63. The maximum Gasteiger partial charge on any atom is 0.333 e. The maximum absolute atomic E-state index is 11.3. The molecule has 1 aliphatic rings. The lowest BCUT2D eigenvalue weighted by Crippen LogP contribution is -2.31. The number of hydrogen-bond donors (Lipinski definition) is 1. The summed E-state index contributed by atoms with van der Waals surface area (Å²) in [6.45, 7) is 3.31. The largest absolute Gasteiger partial charge is 0.341 e. The third-order valence-electron chi connectivity index (χ3n) is 3.96. The zero-order chi connectivity index (χ0) is 18.0. The zero-order valence-corrected chi connectivity index (χ0v) is 14.2. The molecule has 0 radical (unpaired) electrons. The van der Waals surface area contributed by atoms with Crippen molar-refractivity contribution in [2.24, 2.45) is 5.14 Å². The lowest BCUT2D eigenvalue weighted by molar-refractivity contribution is -0.386. The van der Waals surface area contributed by atoms with Crippen LogP contribution in [0.5, 0.6) is 0 Å². The van der Waals surface area contributed by atoms with E-state index in [1.165, 1.54) is 6.07 Å².